The van der Waals surface area contributed by atoms with E-state index in [1.165, 1.54) is 19.3 Å². The molecule has 1 aromatic rings. The fourth-order valence-electron chi connectivity index (χ4n) is 2.29. The van der Waals surface area contributed by atoms with E-state index in [1.54, 1.807) is 12.4 Å². The van der Waals surface area contributed by atoms with Gasteiger partial charge in [-0.2, -0.15) is 0 Å². The molecule has 3 nitrogen and oxygen atoms in total. The van der Waals surface area contributed by atoms with Crippen LogP contribution in [0.25, 0.3) is 0 Å². The van der Waals surface area contributed by atoms with E-state index in [-0.39, 0.29) is 0 Å². The van der Waals surface area contributed by atoms with Gasteiger partial charge in [-0.25, -0.2) is 9.97 Å². The Morgan fingerprint density at radius 2 is 1.94 bits per heavy atom. The fraction of sp³-hybridized carbons (Fsp3) is 0.667. The van der Waals surface area contributed by atoms with Gasteiger partial charge in [-0.05, 0) is 31.1 Å². The summed E-state index contributed by atoms with van der Waals surface area (Å²) in [5, 5.41) is 3.86. The highest BCUT2D eigenvalue weighted by Crippen LogP contribution is 2.31. The predicted octanol–water partition coefficient (Wildman–Crippen LogP) is 3.37. The Hall–Kier alpha value is -0.830. The lowest BCUT2D eigenvalue weighted by Crippen LogP contribution is -2.30. The number of halogens is 1. The van der Waals surface area contributed by atoms with Crippen LogP contribution >= 0.6 is 11.6 Å². The van der Waals surface area contributed by atoms with E-state index in [0.29, 0.717) is 11.2 Å². The lowest BCUT2D eigenvalue weighted by atomic mass is 9.79. The Kier molecular flexibility index (Phi) is 3.64. The summed E-state index contributed by atoms with van der Waals surface area (Å²) in [5.74, 6) is 2.31. The monoisotopic (exact) mass is 239 g/mol. The molecule has 3 unspecified atom stereocenters. The maximum absolute atomic E-state index is 5.97. The largest absolute Gasteiger partial charge is 0.365 e. The predicted molar refractivity (Wildman–Crippen MR) is 66.6 cm³/mol. The van der Waals surface area contributed by atoms with Gasteiger partial charge in [0.15, 0.2) is 11.0 Å². The molecular weight excluding hydrogens is 222 g/mol. The zero-order valence-electron chi connectivity index (χ0n) is 9.78. The molecule has 0 bridgehead atoms. The van der Waals surface area contributed by atoms with Crippen LogP contribution in [0, 0.1) is 11.8 Å². The van der Waals surface area contributed by atoms with Crippen molar-refractivity contribution in [2.24, 2.45) is 11.8 Å². The summed E-state index contributed by atoms with van der Waals surface area (Å²) >= 11 is 5.97. The Labute approximate surface area is 102 Å². The molecule has 1 aliphatic rings. The topological polar surface area (TPSA) is 37.8 Å². The van der Waals surface area contributed by atoms with Gasteiger partial charge in [0.25, 0.3) is 0 Å². The van der Waals surface area contributed by atoms with Gasteiger partial charge in [0.2, 0.25) is 0 Å². The van der Waals surface area contributed by atoms with Gasteiger partial charge in [0, 0.05) is 18.4 Å². The van der Waals surface area contributed by atoms with Crippen LogP contribution in [0.3, 0.4) is 0 Å². The zero-order valence-corrected chi connectivity index (χ0v) is 10.5. The normalized spacial score (nSPS) is 30.1. The van der Waals surface area contributed by atoms with Crippen molar-refractivity contribution in [2.45, 2.75) is 39.2 Å². The molecule has 1 aromatic heterocycles. The molecule has 1 N–H and O–H groups in total. The second-order valence-electron chi connectivity index (χ2n) is 4.80. The highest BCUT2D eigenvalue weighted by Gasteiger charge is 2.24. The van der Waals surface area contributed by atoms with Crippen LogP contribution in [0.2, 0.25) is 5.15 Å². The molecule has 1 heterocycles. The van der Waals surface area contributed by atoms with Crippen molar-refractivity contribution >= 4 is 17.4 Å². The summed E-state index contributed by atoms with van der Waals surface area (Å²) in [6.07, 6.45) is 6.94. The first-order chi connectivity index (χ1) is 7.66. The van der Waals surface area contributed by atoms with Crippen molar-refractivity contribution in [3.63, 3.8) is 0 Å². The minimum absolute atomic E-state index is 0.466. The van der Waals surface area contributed by atoms with E-state index < -0.39 is 0 Å². The Morgan fingerprint density at radius 1 is 1.19 bits per heavy atom. The van der Waals surface area contributed by atoms with E-state index in [2.05, 4.69) is 29.1 Å². The second kappa shape index (κ2) is 5.00. The number of hydrogen-bond acceptors (Lipinski definition) is 3. The van der Waals surface area contributed by atoms with Crippen molar-refractivity contribution in [3.8, 4) is 0 Å². The molecule has 1 fully saturated rings. The van der Waals surface area contributed by atoms with Gasteiger partial charge in [-0.15, -0.1) is 0 Å². The maximum atomic E-state index is 5.97. The lowest BCUT2D eigenvalue weighted by molar-refractivity contribution is 0.260. The van der Waals surface area contributed by atoms with Crippen LogP contribution in [-0.2, 0) is 0 Å². The van der Waals surface area contributed by atoms with E-state index in [9.17, 15) is 0 Å². The van der Waals surface area contributed by atoms with E-state index in [1.807, 2.05) is 0 Å². The third-order valence-electron chi connectivity index (χ3n) is 3.59. The lowest BCUT2D eigenvalue weighted by Gasteiger charge is -2.32. The summed E-state index contributed by atoms with van der Waals surface area (Å²) in [5.41, 5.74) is 0. The first-order valence-corrected chi connectivity index (χ1v) is 6.27. The van der Waals surface area contributed by atoms with Crippen LogP contribution < -0.4 is 5.32 Å². The average Bonchev–Trinajstić information content (AvgIpc) is 2.27. The van der Waals surface area contributed by atoms with Crippen LogP contribution in [0.15, 0.2) is 12.4 Å². The van der Waals surface area contributed by atoms with E-state index >= 15 is 0 Å². The zero-order chi connectivity index (χ0) is 11.5. The summed E-state index contributed by atoms with van der Waals surface area (Å²) in [6, 6.07) is 0.486. The number of hydrogen-bond donors (Lipinski definition) is 1. The molecule has 0 saturated heterocycles. The highest BCUT2D eigenvalue weighted by atomic mass is 35.5. The van der Waals surface area contributed by atoms with E-state index in [4.69, 9.17) is 11.6 Å². The fourth-order valence-corrected chi connectivity index (χ4v) is 2.45. The molecule has 4 heteroatoms. The molecule has 0 amide bonds. The molecule has 0 radical (unpaired) electrons. The van der Waals surface area contributed by atoms with Crippen LogP contribution in [-0.4, -0.2) is 16.0 Å². The van der Waals surface area contributed by atoms with Crippen molar-refractivity contribution in [3.05, 3.63) is 17.5 Å². The van der Waals surface area contributed by atoms with Gasteiger partial charge in [-0.3, -0.25) is 0 Å². The summed E-state index contributed by atoms with van der Waals surface area (Å²) in [7, 11) is 0. The molecular formula is C12H18ClN3. The molecule has 88 valence electrons. The molecule has 2 rings (SSSR count). The molecule has 3 atom stereocenters. The standard InChI is InChI=1S/C12H18ClN3/c1-8-3-4-10(7-9(8)2)16-12-11(13)14-5-6-15-12/h5-6,8-10H,3-4,7H2,1-2H3,(H,15,16). The number of rotatable bonds is 2. The van der Waals surface area contributed by atoms with Gasteiger partial charge in [0.1, 0.15) is 0 Å². The Balaban J connectivity index is 1.98. The van der Waals surface area contributed by atoms with E-state index in [0.717, 1.165) is 17.7 Å². The molecule has 0 aliphatic heterocycles. The molecule has 1 saturated carbocycles. The van der Waals surface area contributed by atoms with Crippen LogP contribution in [0.5, 0.6) is 0 Å². The number of anilines is 1. The minimum atomic E-state index is 0.466. The second-order valence-corrected chi connectivity index (χ2v) is 5.16. The summed E-state index contributed by atoms with van der Waals surface area (Å²) in [4.78, 5) is 8.23. The minimum Gasteiger partial charge on any atom is -0.365 e. The van der Waals surface area contributed by atoms with Crippen molar-refractivity contribution in [1.82, 2.24) is 9.97 Å². The molecule has 1 aliphatic carbocycles. The van der Waals surface area contributed by atoms with Gasteiger partial charge < -0.3 is 5.32 Å². The SMILES string of the molecule is CC1CCC(Nc2nccnc2Cl)CC1C. The summed E-state index contributed by atoms with van der Waals surface area (Å²) < 4.78 is 0. The van der Waals surface area contributed by atoms with Gasteiger partial charge in [0.05, 0.1) is 0 Å². The Morgan fingerprint density at radius 3 is 2.62 bits per heavy atom. The number of nitrogens with zero attached hydrogens (tertiary/aromatic N) is 2. The third kappa shape index (κ3) is 2.64. The molecule has 0 spiro atoms. The molecule has 16 heavy (non-hydrogen) atoms. The van der Waals surface area contributed by atoms with Crippen molar-refractivity contribution in [2.75, 3.05) is 5.32 Å². The quantitative estimate of drug-likeness (QED) is 0.860. The smallest absolute Gasteiger partial charge is 0.171 e. The third-order valence-corrected chi connectivity index (χ3v) is 3.87. The van der Waals surface area contributed by atoms with Crippen LogP contribution in [0.1, 0.15) is 33.1 Å². The molecule has 0 aromatic carbocycles. The first-order valence-electron chi connectivity index (χ1n) is 5.90. The number of nitrogens with one attached hydrogen (secondary N) is 1. The number of aromatic nitrogens is 2. The highest BCUT2D eigenvalue weighted by molar-refractivity contribution is 6.31. The summed E-state index contributed by atoms with van der Waals surface area (Å²) in [6.45, 7) is 4.65. The van der Waals surface area contributed by atoms with Crippen molar-refractivity contribution in [1.29, 1.82) is 0 Å². The Bertz CT molecular complexity index is 356. The van der Waals surface area contributed by atoms with Gasteiger partial charge >= 0.3 is 0 Å². The maximum Gasteiger partial charge on any atom is 0.171 e. The van der Waals surface area contributed by atoms with Gasteiger partial charge in [-0.1, -0.05) is 25.4 Å². The van der Waals surface area contributed by atoms with Crippen LogP contribution in [0.4, 0.5) is 5.82 Å². The average molecular weight is 240 g/mol. The van der Waals surface area contributed by atoms with Crippen molar-refractivity contribution < 1.29 is 0 Å². The first kappa shape index (κ1) is 11.6.